The Kier molecular flexibility index (Phi) is 11.6. The number of methoxy groups -OCH3 is 5. The van der Waals surface area contributed by atoms with Crippen LogP contribution in [0.4, 0.5) is 0 Å². The van der Waals surface area contributed by atoms with Crippen LogP contribution in [-0.2, 0) is 35.7 Å². The Labute approximate surface area is 290 Å². The van der Waals surface area contributed by atoms with Gasteiger partial charge in [0.25, 0.3) is 5.91 Å². The van der Waals surface area contributed by atoms with E-state index in [0.29, 0.717) is 28.4 Å². The number of nitrogens with zero attached hydrogens (tertiary/aromatic N) is 1. The van der Waals surface area contributed by atoms with Gasteiger partial charge < -0.3 is 37.9 Å². The second kappa shape index (κ2) is 15.5. The van der Waals surface area contributed by atoms with Crippen LogP contribution in [0.3, 0.4) is 0 Å². The van der Waals surface area contributed by atoms with Crippen molar-refractivity contribution in [3.8, 4) is 34.5 Å². The van der Waals surface area contributed by atoms with E-state index < -0.39 is 33.9 Å². The minimum atomic E-state index is -4.38. The molecule has 1 aliphatic rings. The molecule has 0 aromatic heterocycles. The number of ether oxygens (including phenoxy) is 6. The highest BCUT2D eigenvalue weighted by Crippen LogP contribution is 2.43. The van der Waals surface area contributed by atoms with Gasteiger partial charge in [-0.15, -0.1) is 0 Å². The Morgan fingerprint density at radius 3 is 1.96 bits per heavy atom. The lowest BCUT2D eigenvalue weighted by atomic mass is 9.97. The molecule has 15 heteroatoms. The Bertz CT molecular complexity index is 1940. The summed E-state index contributed by atoms with van der Waals surface area (Å²) in [6, 6.07) is 7.75. The molecule has 0 saturated carbocycles. The third kappa shape index (κ3) is 7.48. The summed E-state index contributed by atoms with van der Waals surface area (Å²) in [4.78, 5) is 41.5. The summed E-state index contributed by atoms with van der Waals surface area (Å²) in [7, 11) is 2.75. The molecule has 1 unspecified atom stereocenters. The minimum absolute atomic E-state index is 0.0483. The lowest BCUT2D eigenvalue weighted by Crippen LogP contribution is -2.59. The highest BCUT2D eigenvalue weighted by Gasteiger charge is 2.41. The molecule has 1 aliphatic heterocycles. The number of amides is 3. The van der Waals surface area contributed by atoms with Crippen molar-refractivity contribution in [2.75, 3.05) is 42.3 Å². The standard InChI is InChI=1S/C35H40N2O12S/c1-19-10-12-25(13-11-19)50(41,42)49-31-21(3)33(47-9)28(44-6)16-23(31)14-26-35(40)37(22(4)38)27(34(39)36-26)15-24-17-29(45-7)32(46-8)20(2)30(24)48-18-43-5/h10-14,16-17,27H,15,18H2,1-9H3,(H,36,39)/b26-14+. The normalized spacial score (nSPS) is 15.4. The van der Waals surface area contributed by atoms with E-state index >= 15 is 0 Å². The molecule has 1 saturated heterocycles. The van der Waals surface area contributed by atoms with Crippen molar-refractivity contribution in [1.29, 1.82) is 0 Å². The number of benzene rings is 3. The van der Waals surface area contributed by atoms with Gasteiger partial charge in [-0.1, -0.05) is 17.7 Å². The molecular formula is C35H40N2O12S. The highest BCUT2D eigenvalue weighted by atomic mass is 32.2. The molecule has 268 valence electrons. The van der Waals surface area contributed by atoms with E-state index in [1.54, 1.807) is 32.0 Å². The predicted molar refractivity (Wildman–Crippen MR) is 181 cm³/mol. The predicted octanol–water partition coefficient (Wildman–Crippen LogP) is 3.85. The minimum Gasteiger partial charge on any atom is -0.493 e. The molecule has 3 aromatic carbocycles. The van der Waals surface area contributed by atoms with E-state index in [1.165, 1.54) is 59.8 Å². The van der Waals surface area contributed by atoms with Crippen LogP contribution in [0.5, 0.6) is 34.5 Å². The third-order valence-electron chi connectivity index (χ3n) is 8.00. The number of imide groups is 1. The first-order valence-corrected chi connectivity index (χ1v) is 16.6. The van der Waals surface area contributed by atoms with Gasteiger partial charge in [-0.25, -0.2) is 0 Å². The van der Waals surface area contributed by atoms with E-state index in [2.05, 4.69) is 5.32 Å². The van der Waals surface area contributed by atoms with E-state index in [0.717, 1.165) is 17.4 Å². The monoisotopic (exact) mass is 712 g/mol. The zero-order valence-electron chi connectivity index (χ0n) is 29.3. The zero-order chi connectivity index (χ0) is 36.9. The molecule has 0 bridgehead atoms. The van der Waals surface area contributed by atoms with Gasteiger partial charge in [0, 0.05) is 42.7 Å². The number of rotatable bonds is 13. The van der Waals surface area contributed by atoms with Crippen molar-refractivity contribution < 1.29 is 55.4 Å². The average molecular weight is 713 g/mol. The summed E-state index contributed by atoms with van der Waals surface area (Å²) >= 11 is 0. The lowest BCUT2D eigenvalue weighted by Gasteiger charge is -2.34. The Balaban J connectivity index is 1.81. The van der Waals surface area contributed by atoms with Gasteiger partial charge in [0.2, 0.25) is 11.8 Å². The van der Waals surface area contributed by atoms with Gasteiger partial charge in [0.05, 0.1) is 28.4 Å². The second-order valence-corrected chi connectivity index (χ2v) is 12.8. The second-order valence-electron chi connectivity index (χ2n) is 11.2. The molecule has 3 amide bonds. The fraction of sp³-hybridized carbons (Fsp3) is 0.343. The molecule has 4 rings (SSSR count). The van der Waals surface area contributed by atoms with Gasteiger partial charge in [-0.3, -0.25) is 19.3 Å². The first-order chi connectivity index (χ1) is 23.7. The third-order valence-corrected chi connectivity index (χ3v) is 9.24. The summed E-state index contributed by atoms with van der Waals surface area (Å²) in [5.41, 5.74) is 1.80. The van der Waals surface area contributed by atoms with Crippen LogP contribution in [-0.4, -0.2) is 79.4 Å². The maximum Gasteiger partial charge on any atom is 0.339 e. The summed E-state index contributed by atoms with van der Waals surface area (Å²) in [6.07, 6.45) is 1.07. The van der Waals surface area contributed by atoms with Gasteiger partial charge in [0.1, 0.15) is 22.4 Å². The largest absolute Gasteiger partial charge is 0.493 e. The molecule has 1 N–H and O–H groups in total. The average Bonchev–Trinajstić information content (AvgIpc) is 3.07. The molecule has 3 aromatic rings. The van der Waals surface area contributed by atoms with Crippen molar-refractivity contribution in [2.45, 2.75) is 45.1 Å². The van der Waals surface area contributed by atoms with Gasteiger partial charge in [0.15, 0.2) is 35.5 Å². The van der Waals surface area contributed by atoms with Crippen LogP contribution in [0.25, 0.3) is 6.08 Å². The van der Waals surface area contributed by atoms with Crippen LogP contribution >= 0.6 is 0 Å². The van der Waals surface area contributed by atoms with Crippen molar-refractivity contribution in [2.24, 2.45) is 0 Å². The number of nitrogens with one attached hydrogen (secondary N) is 1. The van der Waals surface area contributed by atoms with Crippen LogP contribution in [0.15, 0.2) is 47.0 Å². The summed E-state index contributed by atoms with van der Waals surface area (Å²) in [5, 5.41) is 2.59. The molecule has 14 nitrogen and oxygen atoms in total. The van der Waals surface area contributed by atoms with Crippen LogP contribution in [0, 0.1) is 20.8 Å². The molecule has 1 heterocycles. The van der Waals surface area contributed by atoms with Crippen molar-refractivity contribution in [1.82, 2.24) is 10.2 Å². The first-order valence-electron chi connectivity index (χ1n) is 15.2. The molecule has 1 fully saturated rings. The maximum atomic E-state index is 14.0. The lowest BCUT2D eigenvalue weighted by molar-refractivity contribution is -0.152. The maximum absolute atomic E-state index is 14.0. The van der Waals surface area contributed by atoms with Crippen molar-refractivity contribution >= 4 is 33.9 Å². The van der Waals surface area contributed by atoms with Gasteiger partial charge in [-0.2, -0.15) is 8.42 Å². The van der Waals surface area contributed by atoms with Crippen LogP contribution in [0.2, 0.25) is 0 Å². The van der Waals surface area contributed by atoms with Crippen LogP contribution in [0.1, 0.15) is 34.7 Å². The number of hydrogen-bond acceptors (Lipinski definition) is 12. The molecule has 1 atom stereocenters. The van der Waals surface area contributed by atoms with E-state index in [-0.39, 0.29) is 52.2 Å². The van der Waals surface area contributed by atoms with E-state index in [1.807, 2.05) is 6.92 Å². The highest BCUT2D eigenvalue weighted by molar-refractivity contribution is 7.87. The molecule has 50 heavy (non-hydrogen) atoms. The molecule has 0 radical (unpaired) electrons. The fourth-order valence-corrected chi connectivity index (χ4v) is 6.63. The van der Waals surface area contributed by atoms with Crippen molar-refractivity contribution in [3.05, 3.63) is 69.9 Å². The van der Waals surface area contributed by atoms with Crippen molar-refractivity contribution in [3.63, 3.8) is 0 Å². The number of piperazine rings is 1. The topological polar surface area (TPSA) is 165 Å². The first kappa shape index (κ1) is 37.5. The smallest absolute Gasteiger partial charge is 0.339 e. The van der Waals surface area contributed by atoms with Gasteiger partial charge in [-0.05, 0) is 51.1 Å². The zero-order valence-corrected chi connectivity index (χ0v) is 30.1. The van der Waals surface area contributed by atoms with E-state index in [4.69, 9.17) is 32.6 Å². The summed E-state index contributed by atoms with van der Waals surface area (Å²) in [6.45, 7) is 6.13. The summed E-state index contributed by atoms with van der Waals surface area (Å²) < 4.78 is 65.3. The number of carbonyl (C=O) groups is 3. The fourth-order valence-electron chi connectivity index (χ4n) is 5.62. The number of aryl methyl sites for hydroxylation is 1. The summed E-state index contributed by atoms with van der Waals surface area (Å²) in [5.74, 6) is -0.986. The quantitative estimate of drug-likeness (QED) is 0.155. The Morgan fingerprint density at radius 1 is 0.840 bits per heavy atom. The number of carbonyl (C=O) groups excluding carboxylic acids is 3. The molecule has 0 aliphatic carbocycles. The van der Waals surface area contributed by atoms with Crippen LogP contribution < -0.4 is 33.2 Å². The Morgan fingerprint density at radius 2 is 1.42 bits per heavy atom. The molecular weight excluding hydrogens is 672 g/mol. The SMILES string of the molecule is COCOc1c(CC2C(=O)N/C(=C/c3cc(OC)c(OC)c(C)c3OS(=O)(=O)c3ccc(C)cc3)C(=O)N2C(C)=O)cc(OC)c(OC)c1C. The molecule has 0 spiro atoms. The number of hydrogen-bond donors (Lipinski definition) is 1. The Hall–Kier alpha value is -5.28. The van der Waals surface area contributed by atoms with Gasteiger partial charge >= 0.3 is 10.1 Å². The van der Waals surface area contributed by atoms with E-state index in [9.17, 15) is 22.8 Å².